The summed E-state index contributed by atoms with van der Waals surface area (Å²) in [5.41, 5.74) is 6.14. The number of benzene rings is 2. The van der Waals surface area contributed by atoms with Gasteiger partial charge in [-0.05, 0) is 41.5 Å². The van der Waals surface area contributed by atoms with E-state index in [1.807, 2.05) is 25.5 Å². The highest BCUT2D eigenvalue weighted by Crippen LogP contribution is 2.36. The Bertz CT molecular complexity index is 1120. The van der Waals surface area contributed by atoms with Gasteiger partial charge in [-0.15, -0.1) is 0 Å². The third-order valence-corrected chi connectivity index (χ3v) is 5.85. The molecule has 140 valence electrons. The first-order valence-corrected chi connectivity index (χ1v) is 9.67. The van der Waals surface area contributed by atoms with Crippen LogP contribution in [0.5, 0.6) is 0 Å². The van der Waals surface area contributed by atoms with Gasteiger partial charge in [-0.3, -0.25) is 4.79 Å². The van der Waals surface area contributed by atoms with Gasteiger partial charge in [0.15, 0.2) is 0 Å². The maximum absolute atomic E-state index is 12.4. The number of carbonyl (C=O) groups is 1. The Labute approximate surface area is 164 Å². The van der Waals surface area contributed by atoms with Crippen LogP contribution in [0.25, 0.3) is 16.5 Å². The van der Waals surface area contributed by atoms with E-state index in [0.29, 0.717) is 0 Å². The second-order valence-corrected chi connectivity index (χ2v) is 7.72. The van der Waals surface area contributed by atoms with E-state index < -0.39 is 0 Å². The molecule has 0 aliphatic carbocycles. The van der Waals surface area contributed by atoms with Crippen LogP contribution >= 0.6 is 0 Å². The largest absolute Gasteiger partial charge is 0.379 e. The van der Waals surface area contributed by atoms with E-state index in [0.717, 1.165) is 6.54 Å². The van der Waals surface area contributed by atoms with Crippen LogP contribution in [-0.2, 0) is 11.3 Å². The predicted molar refractivity (Wildman–Crippen MR) is 113 cm³/mol. The lowest BCUT2D eigenvalue weighted by Gasteiger charge is -2.31. The van der Waals surface area contributed by atoms with E-state index in [1.54, 1.807) is 4.90 Å². The number of carbonyl (C=O) groups excluding carboxylic acids is 1. The highest BCUT2D eigenvalue weighted by Gasteiger charge is 2.37. The van der Waals surface area contributed by atoms with Gasteiger partial charge in [-0.2, -0.15) is 0 Å². The first kappa shape index (κ1) is 16.9. The predicted octanol–water partition coefficient (Wildman–Crippen LogP) is 3.91. The third-order valence-electron chi connectivity index (χ3n) is 5.85. The molecule has 3 aromatic rings. The molecule has 0 radical (unpaired) electrons. The highest BCUT2D eigenvalue weighted by atomic mass is 16.2. The van der Waals surface area contributed by atoms with Gasteiger partial charge < -0.3 is 14.8 Å². The average Bonchev–Trinajstić information content (AvgIpc) is 3.31. The topological polar surface area (TPSA) is 37.3 Å². The highest BCUT2D eigenvalue weighted by molar-refractivity contribution is 5.94. The first-order chi connectivity index (χ1) is 13.6. The normalized spacial score (nSPS) is 21.0. The summed E-state index contributed by atoms with van der Waals surface area (Å²) in [6.45, 7) is 3.01. The molecule has 4 heteroatoms. The Balaban J connectivity index is 1.60. The van der Waals surface area contributed by atoms with Crippen molar-refractivity contribution in [3.05, 3.63) is 89.9 Å². The van der Waals surface area contributed by atoms with Crippen molar-refractivity contribution in [3.63, 3.8) is 0 Å². The van der Waals surface area contributed by atoms with Gasteiger partial charge in [0.2, 0.25) is 5.91 Å². The van der Waals surface area contributed by atoms with Gasteiger partial charge in [0.05, 0.1) is 0 Å². The molecular weight excluding hydrogens is 346 g/mol. The lowest BCUT2D eigenvalue weighted by molar-refractivity contribution is -0.130. The van der Waals surface area contributed by atoms with Gasteiger partial charge in [0.1, 0.15) is 6.04 Å². The summed E-state index contributed by atoms with van der Waals surface area (Å²) >= 11 is 0. The van der Waals surface area contributed by atoms with Crippen molar-refractivity contribution in [3.8, 4) is 0 Å². The molecule has 0 saturated heterocycles. The summed E-state index contributed by atoms with van der Waals surface area (Å²) in [5, 5.41) is 4.48. The molecular formula is C24H23N3O. The summed E-state index contributed by atoms with van der Waals surface area (Å²) in [7, 11) is 1.83. The zero-order valence-corrected chi connectivity index (χ0v) is 16.1. The monoisotopic (exact) mass is 369 g/mol. The summed E-state index contributed by atoms with van der Waals surface area (Å²) in [6, 6.07) is 17.0. The summed E-state index contributed by atoms with van der Waals surface area (Å²) < 4.78 is 2.32. The van der Waals surface area contributed by atoms with E-state index >= 15 is 0 Å². The van der Waals surface area contributed by atoms with E-state index in [9.17, 15) is 4.79 Å². The third kappa shape index (κ3) is 2.64. The van der Waals surface area contributed by atoms with Crippen LogP contribution in [0.2, 0.25) is 0 Å². The fourth-order valence-corrected chi connectivity index (χ4v) is 4.40. The summed E-state index contributed by atoms with van der Waals surface area (Å²) in [5.74, 6) is 0.197. The molecule has 1 N–H and O–H groups in total. The van der Waals surface area contributed by atoms with Crippen molar-refractivity contribution in [2.45, 2.75) is 19.5 Å². The van der Waals surface area contributed by atoms with Crippen molar-refractivity contribution >= 4 is 22.4 Å². The number of hydrogen-bond acceptors (Lipinski definition) is 2. The Kier molecular flexibility index (Phi) is 3.86. The van der Waals surface area contributed by atoms with Crippen molar-refractivity contribution < 1.29 is 4.79 Å². The molecule has 2 aromatic carbocycles. The van der Waals surface area contributed by atoms with Crippen LogP contribution in [0.4, 0.5) is 0 Å². The molecule has 1 amide bonds. The van der Waals surface area contributed by atoms with Crippen LogP contribution < -0.4 is 5.32 Å². The fraction of sp³-hybridized carbons (Fsp3) is 0.208. The van der Waals surface area contributed by atoms with Crippen molar-refractivity contribution in [1.82, 2.24) is 14.8 Å². The van der Waals surface area contributed by atoms with Crippen LogP contribution in [0.15, 0.2) is 73.2 Å². The lowest BCUT2D eigenvalue weighted by Crippen LogP contribution is -2.46. The first-order valence-electron chi connectivity index (χ1n) is 9.67. The molecule has 2 aliphatic heterocycles. The minimum atomic E-state index is -0.196. The molecule has 0 fully saturated rings. The van der Waals surface area contributed by atoms with Crippen LogP contribution in [0, 0.1) is 12.8 Å². The molecule has 2 unspecified atom stereocenters. The number of amides is 1. The van der Waals surface area contributed by atoms with Crippen molar-refractivity contribution in [1.29, 1.82) is 0 Å². The number of aromatic nitrogens is 1. The van der Waals surface area contributed by atoms with Crippen molar-refractivity contribution in [2.24, 2.45) is 5.92 Å². The number of nitrogens with zero attached hydrogens (tertiary/aromatic N) is 2. The van der Waals surface area contributed by atoms with Crippen LogP contribution in [0.3, 0.4) is 0 Å². The maximum Gasteiger partial charge on any atom is 0.249 e. The van der Waals surface area contributed by atoms with Gasteiger partial charge in [-0.25, -0.2) is 0 Å². The molecule has 3 heterocycles. The van der Waals surface area contributed by atoms with Gasteiger partial charge in [0, 0.05) is 42.8 Å². The molecule has 2 atom stereocenters. The number of fused-ring (bicyclic) bond motifs is 2. The molecule has 1 aromatic heterocycles. The van der Waals surface area contributed by atoms with E-state index in [-0.39, 0.29) is 17.9 Å². The van der Waals surface area contributed by atoms with Crippen molar-refractivity contribution in [2.75, 3.05) is 7.05 Å². The van der Waals surface area contributed by atoms with Gasteiger partial charge in [0.25, 0.3) is 0 Å². The Hall–Kier alpha value is -3.27. The quantitative estimate of drug-likeness (QED) is 0.760. The molecule has 0 bridgehead atoms. The van der Waals surface area contributed by atoms with E-state index in [2.05, 4.69) is 71.5 Å². The molecule has 4 nitrogen and oxygen atoms in total. The number of aryl methyl sites for hydroxylation is 1. The smallest absolute Gasteiger partial charge is 0.249 e. The summed E-state index contributed by atoms with van der Waals surface area (Å²) in [4.78, 5) is 14.1. The number of rotatable bonds is 3. The van der Waals surface area contributed by atoms with Crippen LogP contribution in [-0.4, -0.2) is 28.5 Å². The number of hydrogen-bond donors (Lipinski definition) is 1. The van der Waals surface area contributed by atoms with Crippen LogP contribution in [0.1, 0.15) is 16.7 Å². The zero-order valence-electron chi connectivity index (χ0n) is 16.1. The lowest BCUT2D eigenvalue weighted by atomic mass is 9.85. The summed E-state index contributed by atoms with van der Waals surface area (Å²) in [6.07, 6.45) is 8.21. The molecule has 2 aliphatic rings. The zero-order chi connectivity index (χ0) is 19.3. The Morgan fingerprint density at radius 1 is 1.11 bits per heavy atom. The minimum absolute atomic E-state index is 0.0831. The average molecular weight is 369 g/mol. The number of nitrogens with one attached hydrogen (secondary N) is 1. The van der Waals surface area contributed by atoms with E-state index in [1.165, 1.54) is 33.2 Å². The maximum atomic E-state index is 12.4. The molecule has 0 spiro atoms. The molecule has 0 saturated carbocycles. The SMILES string of the molecule is Cc1cn(Cc2ccccc2)c2cc(C3=CN(C)C(=O)C4NC=CC34)ccc12. The minimum Gasteiger partial charge on any atom is -0.379 e. The van der Waals surface area contributed by atoms with Gasteiger partial charge in [-0.1, -0.05) is 48.5 Å². The van der Waals surface area contributed by atoms with Gasteiger partial charge >= 0.3 is 0 Å². The second-order valence-electron chi connectivity index (χ2n) is 7.72. The molecule has 5 rings (SSSR count). The van der Waals surface area contributed by atoms with E-state index in [4.69, 9.17) is 0 Å². The fourth-order valence-electron chi connectivity index (χ4n) is 4.40. The number of likely N-dealkylation sites (N-methyl/N-ethyl adjacent to an activating group) is 1. The molecule has 28 heavy (non-hydrogen) atoms. The standard InChI is InChI=1S/C24H23N3O/c1-16-13-27(14-17-6-4-3-5-7-17)22-12-18(8-9-19(16)22)21-15-26(2)24(28)23-20(21)10-11-25-23/h3-13,15,20,23,25H,14H2,1-2H3. The second kappa shape index (κ2) is 6.41. The Morgan fingerprint density at radius 2 is 1.93 bits per heavy atom. The Morgan fingerprint density at radius 3 is 2.75 bits per heavy atom.